The first-order valence-corrected chi connectivity index (χ1v) is 9.46. The first-order chi connectivity index (χ1) is 12.4. The smallest absolute Gasteiger partial charge is 0.224 e. The summed E-state index contributed by atoms with van der Waals surface area (Å²) in [6, 6.07) is 10.7. The van der Waals surface area contributed by atoms with Gasteiger partial charge in [0.1, 0.15) is 0 Å². The summed E-state index contributed by atoms with van der Waals surface area (Å²) in [4.78, 5) is 18.5. The molecule has 0 radical (unpaired) electrons. The number of hydrogen-bond donors (Lipinski definition) is 3. The Labute approximate surface area is 181 Å². The van der Waals surface area contributed by atoms with Gasteiger partial charge >= 0.3 is 0 Å². The van der Waals surface area contributed by atoms with Gasteiger partial charge in [0.15, 0.2) is 5.96 Å². The Bertz CT molecular complexity index is 573. The van der Waals surface area contributed by atoms with E-state index in [1.54, 1.807) is 0 Å². The summed E-state index contributed by atoms with van der Waals surface area (Å²) in [6.07, 6.45) is 0. The van der Waals surface area contributed by atoms with Crippen LogP contribution in [0.5, 0.6) is 0 Å². The Morgan fingerprint density at radius 1 is 1.15 bits per heavy atom. The Morgan fingerprint density at radius 3 is 2.22 bits per heavy atom. The van der Waals surface area contributed by atoms with Gasteiger partial charge in [0.25, 0.3) is 0 Å². The Morgan fingerprint density at radius 2 is 1.74 bits per heavy atom. The van der Waals surface area contributed by atoms with Gasteiger partial charge in [-0.3, -0.25) is 14.7 Å². The molecule has 1 atom stereocenters. The molecule has 0 saturated carbocycles. The second-order valence-electron chi connectivity index (χ2n) is 6.97. The van der Waals surface area contributed by atoms with E-state index in [0.717, 1.165) is 26.2 Å². The van der Waals surface area contributed by atoms with E-state index in [1.807, 2.05) is 26.8 Å². The zero-order valence-electron chi connectivity index (χ0n) is 17.3. The molecular weight excluding hydrogens is 453 g/mol. The molecule has 27 heavy (non-hydrogen) atoms. The van der Waals surface area contributed by atoms with Crippen LogP contribution in [0.3, 0.4) is 0 Å². The lowest BCUT2D eigenvalue weighted by Crippen LogP contribution is -2.44. The topological polar surface area (TPSA) is 82.7 Å². The van der Waals surface area contributed by atoms with Crippen LogP contribution in [-0.2, 0) is 4.79 Å². The van der Waals surface area contributed by atoms with E-state index in [-0.39, 0.29) is 35.9 Å². The largest absolute Gasteiger partial charge is 0.369 e. The number of rotatable bonds is 10. The summed E-state index contributed by atoms with van der Waals surface area (Å²) in [6.45, 7) is 13.8. The number of carbonyl (C=O) groups excluding carboxylic acids is 1. The SMILES string of the molecule is CCNC(=NCC(C)(C)C(N)=O)NCC(c1ccccc1)N(CC)CC.I. The Kier molecular flexibility index (Phi) is 12.3. The molecule has 6 nitrogen and oxygen atoms in total. The van der Waals surface area contributed by atoms with Crippen molar-refractivity contribution in [2.24, 2.45) is 16.1 Å². The molecule has 4 N–H and O–H groups in total. The van der Waals surface area contributed by atoms with Crippen molar-refractivity contribution >= 4 is 35.8 Å². The quantitative estimate of drug-likeness (QED) is 0.268. The van der Waals surface area contributed by atoms with E-state index >= 15 is 0 Å². The first kappa shape index (κ1) is 25.6. The van der Waals surface area contributed by atoms with Crippen LogP contribution in [0.25, 0.3) is 0 Å². The molecule has 0 heterocycles. The number of guanidine groups is 1. The van der Waals surface area contributed by atoms with E-state index in [9.17, 15) is 4.79 Å². The van der Waals surface area contributed by atoms with Crippen LogP contribution >= 0.6 is 24.0 Å². The summed E-state index contributed by atoms with van der Waals surface area (Å²) < 4.78 is 0. The van der Waals surface area contributed by atoms with Crippen molar-refractivity contribution in [3.05, 3.63) is 35.9 Å². The number of nitrogens with one attached hydrogen (secondary N) is 2. The second-order valence-corrected chi connectivity index (χ2v) is 6.97. The van der Waals surface area contributed by atoms with Crippen LogP contribution in [-0.4, -0.2) is 49.5 Å². The van der Waals surface area contributed by atoms with Crippen molar-refractivity contribution in [2.45, 2.75) is 40.7 Å². The fourth-order valence-electron chi connectivity index (χ4n) is 2.69. The Hall–Kier alpha value is -1.35. The number of likely N-dealkylation sites (N-methyl/N-ethyl adjacent to an activating group) is 1. The first-order valence-electron chi connectivity index (χ1n) is 9.46. The predicted molar refractivity (Wildman–Crippen MR) is 124 cm³/mol. The lowest BCUT2D eigenvalue weighted by atomic mass is 9.93. The molecule has 1 rings (SSSR count). The predicted octanol–water partition coefficient (Wildman–Crippen LogP) is 2.75. The number of carbonyl (C=O) groups is 1. The molecule has 0 aliphatic carbocycles. The van der Waals surface area contributed by atoms with Crippen molar-refractivity contribution < 1.29 is 4.79 Å². The van der Waals surface area contributed by atoms with Gasteiger partial charge in [0, 0.05) is 13.1 Å². The van der Waals surface area contributed by atoms with E-state index < -0.39 is 5.41 Å². The van der Waals surface area contributed by atoms with Gasteiger partial charge in [-0.05, 0) is 39.4 Å². The van der Waals surface area contributed by atoms with E-state index in [0.29, 0.717) is 12.5 Å². The van der Waals surface area contributed by atoms with Crippen LogP contribution in [0.2, 0.25) is 0 Å². The normalized spacial score (nSPS) is 13.0. The third-order valence-corrected chi connectivity index (χ3v) is 4.54. The zero-order valence-corrected chi connectivity index (χ0v) is 19.6. The molecule has 0 aromatic heterocycles. The number of aliphatic imine (C=N–C) groups is 1. The average molecular weight is 489 g/mol. The molecule has 1 unspecified atom stereocenters. The minimum Gasteiger partial charge on any atom is -0.369 e. The maximum absolute atomic E-state index is 11.5. The molecule has 1 aromatic rings. The minimum absolute atomic E-state index is 0. The van der Waals surface area contributed by atoms with Gasteiger partial charge in [-0.25, -0.2) is 0 Å². The molecule has 0 saturated heterocycles. The van der Waals surface area contributed by atoms with Crippen LogP contribution in [0.15, 0.2) is 35.3 Å². The second kappa shape index (κ2) is 12.9. The molecule has 154 valence electrons. The highest BCUT2D eigenvalue weighted by atomic mass is 127. The fraction of sp³-hybridized carbons (Fsp3) is 0.600. The van der Waals surface area contributed by atoms with Gasteiger partial charge in [-0.1, -0.05) is 44.2 Å². The molecule has 0 spiro atoms. The van der Waals surface area contributed by atoms with Crippen molar-refractivity contribution in [1.82, 2.24) is 15.5 Å². The summed E-state index contributed by atoms with van der Waals surface area (Å²) in [5.41, 5.74) is 6.06. The number of primary amides is 1. The van der Waals surface area contributed by atoms with E-state index in [1.165, 1.54) is 5.56 Å². The summed E-state index contributed by atoms with van der Waals surface area (Å²) in [5.74, 6) is 0.359. The highest BCUT2D eigenvalue weighted by Crippen LogP contribution is 2.19. The van der Waals surface area contributed by atoms with Gasteiger partial charge in [-0.2, -0.15) is 0 Å². The number of nitrogens with zero attached hydrogens (tertiary/aromatic N) is 2. The number of amides is 1. The van der Waals surface area contributed by atoms with Gasteiger partial charge < -0.3 is 16.4 Å². The van der Waals surface area contributed by atoms with E-state index in [4.69, 9.17) is 5.73 Å². The summed E-state index contributed by atoms with van der Waals surface area (Å²) >= 11 is 0. The molecule has 0 fully saturated rings. The molecule has 0 bridgehead atoms. The van der Waals surface area contributed by atoms with Crippen molar-refractivity contribution in [3.8, 4) is 0 Å². The van der Waals surface area contributed by atoms with Crippen LogP contribution in [0, 0.1) is 5.41 Å². The number of hydrogen-bond acceptors (Lipinski definition) is 3. The van der Waals surface area contributed by atoms with Crippen molar-refractivity contribution in [1.29, 1.82) is 0 Å². The zero-order chi connectivity index (χ0) is 19.6. The van der Waals surface area contributed by atoms with Crippen LogP contribution < -0.4 is 16.4 Å². The molecular formula is C20H36IN5O. The maximum Gasteiger partial charge on any atom is 0.224 e. The molecule has 1 amide bonds. The number of halogens is 1. The Balaban J connectivity index is 0.00000676. The number of nitrogens with two attached hydrogens (primary N) is 1. The van der Waals surface area contributed by atoms with Gasteiger partial charge in [-0.15, -0.1) is 24.0 Å². The molecule has 7 heteroatoms. The minimum atomic E-state index is -0.667. The molecule has 0 aliphatic heterocycles. The maximum atomic E-state index is 11.5. The standard InChI is InChI=1S/C20H35N5O.HI/c1-6-22-19(24-15-20(4,5)18(21)26)23-14-17(25(7-2)8-3)16-12-10-9-11-13-16;/h9-13,17H,6-8,14-15H2,1-5H3,(H2,21,26)(H2,22,23,24);1H. The monoisotopic (exact) mass is 489 g/mol. The number of benzene rings is 1. The van der Waals surface area contributed by atoms with Gasteiger partial charge in [0.2, 0.25) is 5.91 Å². The lowest BCUT2D eigenvalue weighted by molar-refractivity contribution is -0.125. The lowest BCUT2D eigenvalue weighted by Gasteiger charge is -2.31. The third-order valence-electron chi connectivity index (χ3n) is 4.54. The summed E-state index contributed by atoms with van der Waals surface area (Å²) in [7, 11) is 0. The van der Waals surface area contributed by atoms with Crippen LogP contribution in [0.1, 0.15) is 46.2 Å². The molecule has 0 aliphatic rings. The highest BCUT2D eigenvalue weighted by molar-refractivity contribution is 14.0. The van der Waals surface area contributed by atoms with Crippen molar-refractivity contribution in [3.63, 3.8) is 0 Å². The van der Waals surface area contributed by atoms with E-state index in [2.05, 4.69) is 58.6 Å². The molecule has 1 aromatic carbocycles. The van der Waals surface area contributed by atoms with Crippen molar-refractivity contribution in [2.75, 3.05) is 32.7 Å². The van der Waals surface area contributed by atoms with Crippen LogP contribution in [0.4, 0.5) is 0 Å². The third kappa shape index (κ3) is 8.47. The summed E-state index contributed by atoms with van der Waals surface area (Å²) in [5, 5.41) is 6.67. The highest BCUT2D eigenvalue weighted by Gasteiger charge is 2.25. The fourth-order valence-corrected chi connectivity index (χ4v) is 2.69. The average Bonchev–Trinajstić information content (AvgIpc) is 2.63. The van der Waals surface area contributed by atoms with Gasteiger partial charge in [0.05, 0.1) is 18.0 Å².